The van der Waals surface area contributed by atoms with Gasteiger partial charge in [-0.1, -0.05) is 26.8 Å². The second-order valence-corrected chi connectivity index (χ2v) is 6.24. The van der Waals surface area contributed by atoms with Crippen LogP contribution < -0.4 is 5.73 Å². The maximum atomic E-state index is 12.3. The highest BCUT2D eigenvalue weighted by atomic mass is 35.5. The standard InChI is InChI=1S/C15H23N3O3.ClH/c1-10(9-16)17(5)14(19)11-6-7-12(15(2,3)4)13(8-11)18(20)21;/h6-8,10H,9,16H2,1-5H3;1H. The lowest BCUT2D eigenvalue weighted by Gasteiger charge is -2.24. The molecule has 0 saturated heterocycles. The number of nitro groups is 1. The fourth-order valence-electron chi connectivity index (χ4n) is 2.01. The molecule has 1 rings (SSSR count). The minimum Gasteiger partial charge on any atom is -0.338 e. The maximum absolute atomic E-state index is 12.3. The minimum absolute atomic E-state index is 0. The van der Waals surface area contributed by atoms with Crippen LogP contribution >= 0.6 is 12.4 Å². The predicted octanol–water partition coefficient (Wildman–Crippen LogP) is 2.73. The fourth-order valence-corrected chi connectivity index (χ4v) is 2.01. The van der Waals surface area contributed by atoms with Crippen LogP contribution in [0.5, 0.6) is 0 Å². The van der Waals surface area contributed by atoms with Crippen molar-refractivity contribution in [3.63, 3.8) is 0 Å². The summed E-state index contributed by atoms with van der Waals surface area (Å²) in [6.07, 6.45) is 0. The van der Waals surface area contributed by atoms with Gasteiger partial charge in [-0.15, -0.1) is 12.4 Å². The van der Waals surface area contributed by atoms with E-state index in [4.69, 9.17) is 5.73 Å². The van der Waals surface area contributed by atoms with Crippen molar-refractivity contribution in [3.8, 4) is 0 Å². The number of rotatable bonds is 4. The molecule has 22 heavy (non-hydrogen) atoms. The molecule has 1 atom stereocenters. The highest BCUT2D eigenvalue weighted by Crippen LogP contribution is 2.32. The van der Waals surface area contributed by atoms with E-state index in [0.717, 1.165) is 0 Å². The van der Waals surface area contributed by atoms with Gasteiger partial charge in [-0.05, 0) is 18.4 Å². The van der Waals surface area contributed by atoms with E-state index in [-0.39, 0.29) is 35.5 Å². The van der Waals surface area contributed by atoms with E-state index in [1.54, 1.807) is 19.2 Å². The number of likely N-dealkylation sites (N-methyl/N-ethyl adjacent to an activating group) is 1. The summed E-state index contributed by atoms with van der Waals surface area (Å²) in [5.74, 6) is -0.267. The fraction of sp³-hybridized carbons (Fsp3) is 0.533. The Bertz CT molecular complexity index is 555. The van der Waals surface area contributed by atoms with E-state index in [2.05, 4.69) is 0 Å². The monoisotopic (exact) mass is 329 g/mol. The first kappa shape index (κ1) is 20.3. The summed E-state index contributed by atoms with van der Waals surface area (Å²) in [5, 5.41) is 11.3. The van der Waals surface area contributed by atoms with Crippen molar-refractivity contribution in [1.29, 1.82) is 0 Å². The second-order valence-electron chi connectivity index (χ2n) is 6.24. The molecule has 124 valence electrons. The minimum atomic E-state index is -0.441. The number of nitro benzene ring substituents is 1. The first-order valence-electron chi connectivity index (χ1n) is 6.85. The number of hydrogen-bond acceptors (Lipinski definition) is 4. The topological polar surface area (TPSA) is 89.5 Å². The Morgan fingerprint density at radius 3 is 2.36 bits per heavy atom. The van der Waals surface area contributed by atoms with Crippen LogP contribution in [-0.2, 0) is 5.41 Å². The highest BCUT2D eigenvalue weighted by Gasteiger charge is 2.27. The largest absolute Gasteiger partial charge is 0.338 e. The molecule has 1 aromatic carbocycles. The molecule has 0 aliphatic rings. The molecule has 0 aliphatic heterocycles. The quantitative estimate of drug-likeness (QED) is 0.679. The average Bonchev–Trinajstić information content (AvgIpc) is 2.43. The highest BCUT2D eigenvalue weighted by molar-refractivity contribution is 5.95. The van der Waals surface area contributed by atoms with Crippen LogP contribution in [0.3, 0.4) is 0 Å². The van der Waals surface area contributed by atoms with Gasteiger partial charge in [-0.3, -0.25) is 14.9 Å². The van der Waals surface area contributed by atoms with Crippen molar-refractivity contribution < 1.29 is 9.72 Å². The summed E-state index contributed by atoms with van der Waals surface area (Å²) in [4.78, 5) is 24.6. The lowest BCUT2D eigenvalue weighted by molar-refractivity contribution is -0.386. The summed E-state index contributed by atoms with van der Waals surface area (Å²) in [6, 6.07) is 4.52. The number of carbonyl (C=O) groups is 1. The normalized spacial score (nSPS) is 12.3. The number of carbonyl (C=O) groups excluding carboxylic acids is 1. The van der Waals surface area contributed by atoms with Gasteiger partial charge in [-0.25, -0.2) is 0 Å². The summed E-state index contributed by atoms with van der Waals surface area (Å²) >= 11 is 0. The van der Waals surface area contributed by atoms with E-state index in [0.29, 0.717) is 17.7 Å². The van der Waals surface area contributed by atoms with Crippen molar-refractivity contribution >= 4 is 24.0 Å². The lowest BCUT2D eigenvalue weighted by atomic mass is 9.85. The molecule has 1 unspecified atom stereocenters. The first-order chi connectivity index (χ1) is 9.59. The molecule has 0 aromatic heterocycles. The first-order valence-corrected chi connectivity index (χ1v) is 6.85. The van der Waals surface area contributed by atoms with Crippen LogP contribution in [-0.4, -0.2) is 35.4 Å². The summed E-state index contributed by atoms with van der Waals surface area (Å²) < 4.78 is 0. The molecule has 0 spiro atoms. The molecule has 0 fully saturated rings. The van der Waals surface area contributed by atoms with Crippen molar-refractivity contribution in [2.45, 2.75) is 39.2 Å². The molecule has 0 saturated carbocycles. The maximum Gasteiger partial charge on any atom is 0.273 e. The molecule has 6 nitrogen and oxygen atoms in total. The van der Waals surface area contributed by atoms with Gasteiger partial charge >= 0.3 is 0 Å². The summed E-state index contributed by atoms with van der Waals surface area (Å²) in [5.41, 5.74) is 6.07. The smallest absolute Gasteiger partial charge is 0.273 e. The van der Waals surface area contributed by atoms with Gasteiger partial charge in [0.15, 0.2) is 0 Å². The Labute approximate surface area is 137 Å². The number of benzene rings is 1. The Kier molecular flexibility index (Phi) is 6.99. The SMILES string of the molecule is CC(CN)N(C)C(=O)c1ccc(C(C)(C)C)c([N+](=O)[O-])c1.Cl. The van der Waals surface area contributed by atoms with Crippen LogP contribution in [0.1, 0.15) is 43.6 Å². The van der Waals surface area contributed by atoms with E-state index in [9.17, 15) is 14.9 Å². The third-order valence-corrected chi connectivity index (χ3v) is 3.57. The van der Waals surface area contributed by atoms with E-state index in [1.165, 1.54) is 11.0 Å². The van der Waals surface area contributed by atoms with Crippen LogP contribution in [0.4, 0.5) is 5.69 Å². The van der Waals surface area contributed by atoms with E-state index < -0.39 is 4.92 Å². The van der Waals surface area contributed by atoms with Gasteiger partial charge in [0.05, 0.1) is 4.92 Å². The number of halogens is 1. The van der Waals surface area contributed by atoms with E-state index >= 15 is 0 Å². The van der Waals surface area contributed by atoms with Gasteiger partial charge in [0, 0.05) is 36.8 Å². The molecule has 0 radical (unpaired) electrons. The number of amides is 1. The predicted molar refractivity (Wildman–Crippen MR) is 89.7 cm³/mol. The number of nitrogens with zero attached hydrogens (tertiary/aromatic N) is 2. The molecule has 0 aliphatic carbocycles. The van der Waals surface area contributed by atoms with Crippen LogP contribution in [0.25, 0.3) is 0 Å². The molecule has 7 heteroatoms. The Morgan fingerprint density at radius 1 is 1.41 bits per heavy atom. The van der Waals surface area contributed by atoms with Gasteiger partial charge in [0.2, 0.25) is 0 Å². The van der Waals surface area contributed by atoms with Crippen LogP contribution in [0.2, 0.25) is 0 Å². The molecular formula is C15H24ClN3O3. The zero-order chi connectivity index (χ0) is 16.4. The van der Waals surface area contributed by atoms with Gasteiger partial charge in [0.25, 0.3) is 11.6 Å². The molecule has 0 heterocycles. The van der Waals surface area contributed by atoms with Crippen molar-refractivity contribution in [1.82, 2.24) is 4.90 Å². The summed E-state index contributed by atoms with van der Waals surface area (Å²) in [6.45, 7) is 7.87. The molecule has 1 aromatic rings. The third kappa shape index (κ3) is 4.42. The van der Waals surface area contributed by atoms with Gasteiger partial charge in [-0.2, -0.15) is 0 Å². The van der Waals surface area contributed by atoms with Crippen molar-refractivity contribution in [3.05, 3.63) is 39.4 Å². The van der Waals surface area contributed by atoms with Crippen molar-refractivity contribution in [2.24, 2.45) is 5.73 Å². The third-order valence-electron chi connectivity index (χ3n) is 3.57. The van der Waals surface area contributed by atoms with Crippen molar-refractivity contribution in [2.75, 3.05) is 13.6 Å². The van der Waals surface area contributed by atoms with Gasteiger partial charge in [0.1, 0.15) is 0 Å². The Hall–Kier alpha value is -1.66. The second kappa shape index (κ2) is 7.56. The van der Waals surface area contributed by atoms with Gasteiger partial charge < -0.3 is 10.6 Å². The number of hydrogen-bond donors (Lipinski definition) is 1. The van der Waals surface area contributed by atoms with Crippen LogP contribution in [0.15, 0.2) is 18.2 Å². The van der Waals surface area contributed by atoms with E-state index in [1.807, 2.05) is 27.7 Å². The zero-order valence-corrected chi connectivity index (χ0v) is 14.4. The van der Waals surface area contributed by atoms with Crippen LogP contribution in [0, 0.1) is 10.1 Å². The molecule has 2 N–H and O–H groups in total. The Morgan fingerprint density at radius 2 is 1.95 bits per heavy atom. The lowest BCUT2D eigenvalue weighted by Crippen LogP contribution is -2.39. The molecule has 0 bridgehead atoms. The molecular weight excluding hydrogens is 306 g/mol. The number of nitrogens with two attached hydrogens (primary N) is 1. The Balaban J connectivity index is 0.00000441. The zero-order valence-electron chi connectivity index (χ0n) is 13.6. The summed E-state index contributed by atoms with van der Waals surface area (Å²) in [7, 11) is 1.64. The molecule has 1 amide bonds. The average molecular weight is 330 g/mol.